The fourth-order valence-electron chi connectivity index (χ4n) is 5.09. The van der Waals surface area contributed by atoms with E-state index in [1.807, 2.05) is 48.7 Å². The van der Waals surface area contributed by atoms with Gasteiger partial charge in [-0.2, -0.15) is 0 Å². The number of halogens is 1. The first-order chi connectivity index (χ1) is 18.6. The van der Waals surface area contributed by atoms with Crippen molar-refractivity contribution in [2.75, 3.05) is 19.7 Å². The number of aldehydes is 1. The Bertz CT molecular complexity index is 1410. The molecule has 3 aromatic heterocycles. The highest BCUT2D eigenvalue weighted by Gasteiger charge is 2.26. The summed E-state index contributed by atoms with van der Waals surface area (Å²) in [5.74, 6) is 1.83. The summed E-state index contributed by atoms with van der Waals surface area (Å²) in [4.78, 5) is 27.6. The molecule has 9 heteroatoms. The number of benzene rings is 1. The smallest absolute Gasteiger partial charge is 0.168 e. The molecule has 2 saturated heterocycles. The number of carbonyl (C=O) groups is 1. The summed E-state index contributed by atoms with van der Waals surface area (Å²) in [6, 6.07) is 15.4. The zero-order valence-electron chi connectivity index (χ0n) is 21.1. The van der Waals surface area contributed by atoms with Gasteiger partial charge >= 0.3 is 0 Å². The fraction of sp³-hybridized carbons (Fsp3) is 0.379. The van der Waals surface area contributed by atoms with Crippen molar-refractivity contribution < 1.29 is 14.3 Å². The molecule has 5 heterocycles. The second-order valence-electron chi connectivity index (χ2n) is 10.00. The summed E-state index contributed by atoms with van der Waals surface area (Å²) >= 11 is 6.01. The van der Waals surface area contributed by atoms with Crippen LogP contribution in [0.2, 0.25) is 5.02 Å². The molecule has 0 amide bonds. The first-order valence-electron chi connectivity index (χ1n) is 13.1. The van der Waals surface area contributed by atoms with E-state index in [0.29, 0.717) is 12.2 Å². The molecular formula is C29H30ClN5O3. The Morgan fingerprint density at radius 3 is 2.61 bits per heavy atom. The summed E-state index contributed by atoms with van der Waals surface area (Å²) in [5, 5.41) is 0.735. The van der Waals surface area contributed by atoms with Gasteiger partial charge in [0.15, 0.2) is 11.9 Å². The van der Waals surface area contributed by atoms with Crippen molar-refractivity contribution >= 4 is 29.1 Å². The van der Waals surface area contributed by atoms with Gasteiger partial charge in [0.2, 0.25) is 0 Å². The Morgan fingerprint density at radius 2 is 1.87 bits per heavy atom. The lowest BCUT2D eigenvalue weighted by atomic mass is 10.1. The second-order valence-corrected chi connectivity index (χ2v) is 10.4. The summed E-state index contributed by atoms with van der Waals surface area (Å²) in [5.41, 5.74) is 4.13. The molecule has 0 aliphatic carbocycles. The monoisotopic (exact) mass is 531 g/mol. The minimum atomic E-state index is 0.163. The molecule has 2 fully saturated rings. The number of fused-ring (bicyclic) bond motifs is 1. The average molecular weight is 532 g/mol. The van der Waals surface area contributed by atoms with Crippen LogP contribution in [0.4, 0.5) is 0 Å². The minimum Gasteiger partial charge on any atom is -0.490 e. The van der Waals surface area contributed by atoms with Crippen molar-refractivity contribution in [2.24, 2.45) is 0 Å². The van der Waals surface area contributed by atoms with Crippen LogP contribution in [0.1, 0.15) is 46.8 Å². The third-order valence-electron chi connectivity index (χ3n) is 7.28. The van der Waals surface area contributed by atoms with Crippen molar-refractivity contribution in [3.8, 4) is 5.75 Å². The van der Waals surface area contributed by atoms with Crippen LogP contribution in [-0.2, 0) is 24.2 Å². The Labute approximate surface area is 226 Å². The largest absolute Gasteiger partial charge is 0.490 e. The molecule has 0 spiro atoms. The number of nitrogens with zero attached hydrogens (tertiary/aromatic N) is 5. The van der Waals surface area contributed by atoms with Crippen LogP contribution in [-0.4, -0.2) is 62.6 Å². The molecule has 1 aromatic carbocycles. The summed E-state index contributed by atoms with van der Waals surface area (Å²) in [7, 11) is 0. The van der Waals surface area contributed by atoms with Crippen LogP contribution >= 0.6 is 11.6 Å². The van der Waals surface area contributed by atoms with Crippen LogP contribution in [0, 0.1) is 0 Å². The molecule has 0 N–H and O–H groups in total. The SMILES string of the molecule is O=Cc1ccc2nc(CN3CCC(Oc4ccnc(Cc5ccc(Cl)cc5)c4)CC3)n(C[C@@H]3CCO3)c2n1. The molecule has 38 heavy (non-hydrogen) atoms. The molecule has 2 aliphatic rings. The molecule has 0 radical (unpaired) electrons. The molecule has 0 saturated carbocycles. The van der Waals surface area contributed by atoms with Gasteiger partial charge in [-0.15, -0.1) is 0 Å². The zero-order chi connectivity index (χ0) is 25.9. The number of carbonyl (C=O) groups excluding carboxylic acids is 1. The van der Waals surface area contributed by atoms with Gasteiger partial charge in [-0.05, 0) is 55.2 Å². The summed E-state index contributed by atoms with van der Waals surface area (Å²) < 4.78 is 14.2. The molecular weight excluding hydrogens is 502 g/mol. The molecule has 1 atom stereocenters. The molecule has 0 unspecified atom stereocenters. The van der Waals surface area contributed by atoms with Gasteiger partial charge in [-0.25, -0.2) is 9.97 Å². The van der Waals surface area contributed by atoms with Gasteiger partial charge < -0.3 is 14.0 Å². The zero-order valence-corrected chi connectivity index (χ0v) is 21.9. The number of likely N-dealkylation sites (tertiary alicyclic amines) is 1. The predicted octanol–water partition coefficient (Wildman–Crippen LogP) is 4.72. The highest BCUT2D eigenvalue weighted by Crippen LogP contribution is 2.24. The van der Waals surface area contributed by atoms with Crippen molar-refractivity contribution in [2.45, 2.75) is 51.0 Å². The van der Waals surface area contributed by atoms with Crippen molar-refractivity contribution in [3.05, 3.63) is 82.5 Å². The predicted molar refractivity (Wildman–Crippen MR) is 145 cm³/mol. The second kappa shape index (κ2) is 11.2. The Hall–Kier alpha value is -3.33. The molecule has 2 aliphatic heterocycles. The first-order valence-corrected chi connectivity index (χ1v) is 13.5. The van der Waals surface area contributed by atoms with Crippen LogP contribution in [0.25, 0.3) is 11.2 Å². The van der Waals surface area contributed by atoms with Crippen LogP contribution in [0.3, 0.4) is 0 Å². The number of aromatic nitrogens is 4. The molecule has 0 bridgehead atoms. The first kappa shape index (κ1) is 25.0. The van der Waals surface area contributed by atoms with E-state index in [2.05, 4.69) is 19.4 Å². The maximum Gasteiger partial charge on any atom is 0.168 e. The Balaban J connectivity index is 1.08. The van der Waals surface area contributed by atoms with E-state index in [1.165, 1.54) is 5.56 Å². The molecule has 196 valence electrons. The van der Waals surface area contributed by atoms with Gasteiger partial charge in [0, 0.05) is 49.1 Å². The number of hydrogen-bond acceptors (Lipinski definition) is 7. The number of piperidine rings is 1. The lowest BCUT2D eigenvalue weighted by Gasteiger charge is -2.32. The lowest BCUT2D eigenvalue weighted by Crippen LogP contribution is -2.39. The minimum absolute atomic E-state index is 0.163. The number of ether oxygens (including phenoxy) is 2. The van der Waals surface area contributed by atoms with Crippen LogP contribution in [0.15, 0.2) is 54.7 Å². The summed E-state index contributed by atoms with van der Waals surface area (Å²) in [6.45, 7) is 4.08. The van der Waals surface area contributed by atoms with Crippen molar-refractivity contribution in [3.63, 3.8) is 0 Å². The van der Waals surface area contributed by atoms with Crippen molar-refractivity contribution in [1.82, 2.24) is 24.4 Å². The highest BCUT2D eigenvalue weighted by atomic mass is 35.5. The van der Waals surface area contributed by atoms with Crippen LogP contribution in [0.5, 0.6) is 5.75 Å². The maximum absolute atomic E-state index is 11.3. The van der Waals surface area contributed by atoms with Gasteiger partial charge in [0.25, 0.3) is 0 Å². The lowest BCUT2D eigenvalue weighted by molar-refractivity contribution is -0.0593. The van der Waals surface area contributed by atoms with Gasteiger partial charge in [0.05, 0.1) is 19.2 Å². The quantitative estimate of drug-likeness (QED) is 0.289. The molecule has 4 aromatic rings. The van der Waals surface area contributed by atoms with E-state index in [4.69, 9.17) is 26.1 Å². The van der Waals surface area contributed by atoms with Gasteiger partial charge in [-0.1, -0.05) is 23.7 Å². The number of rotatable bonds is 9. The maximum atomic E-state index is 11.3. The van der Waals surface area contributed by atoms with E-state index in [9.17, 15) is 4.79 Å². The summed E-state index contributed by atoms with van der Waals surface area (Å²) in [6.07, 6.45) is 6.59. The van der Waals surface area contributed by atoms with Crippen molar-refractivity contribution in [1.29, 1.82) is 0 Å². The third kappa shape index (κ3) is 5.72. The third-order valence-corrected chi connectivity index (χ3v) is 7.53. The van der Waals surface area contributed by atoms with E-state index >= 15 is 0 Å². The number of imidazole rings is 1. The number of pyridine rings is 2. The number of hydrogen-bond donors (Lipinski definition) is 0. The topological polar surface area (TPSA) is 82.4 Å². The van der Waals surface area contributed by atoms with E-state index in [-0.39, 0.29) is 12.2 Å². The van der Waals surface area contributed by atoms with E-state index < -0.39 is 0 Å². The standard InChI is InChI=1S/C29H30ClN5O3/c30-21-3-1-20(2-4-21)15-23-16-25(7-11-31-23)38-24-8-12-34(13-9-24)18-28-33-27-6-5-22(19-36)32-29(27)35(28)17-26-10-14-37-26/h1-7,11,16,19,24,26H,8-10,12-15,17-18H2/t26-/m0/s1. The average Bonchev–Trinajstić information content (AvgIpc) is 3.24. The van der Waals surface area contributed by atoms with Gasteiger partial charge in [0.1, 0.15) is 28.9 Å². The van der Waals surface area contributed by atoms with Crippen LogP contribution < -0.4 is 4.74 Å². The van der Waals surface area contributed by atoms with Gasteiger partial charge in [-0.3, -0.25) is 14.7 Å². The fourth-order valence-corrected chi connectivity index (χ4v) is 5.21. The normalized spacial score (nSPS) is 18.4. The molecule has 8 nitrogen and oxygen atoms in total. The Morgan fingerprint density at radius 1 is 1.05 bits per heavy atom. The highest BCUT2D eigenvalue weighted by molar-refractivity contribution is 6.30. The Kier molecular flexibility index (Phi) is 7.35. The van der Waals surface area contributed by atoms with E-state index in [0.717, 1.165) is 91.7 Å². The van der Waals surface area contributed by atoms with E-state index in [1.54, 1.807) is 6.07 Å². The molecule has 6 rings (SSSR count).